The number of H-pyrrole nitrogens is 1. The number of para-hydroxylation sites is 1. The number of hydrogen-bond donors (Lipinski definition) is 2. The molecule has 3 rings (SSSR count). The number of carbonyl (C=O) groups excluding carboxylic acids is 3. The SMILES string of the molecule is CC(C)(C)OC(=O)N(C(=O)[C@@H](N)Cc1ccccc1)C(C)(C=O)Cc1c[nH]c2ccccc12. The van der Waals surface area contributed by atoms with Gasteiger partial charge in [-0.1, -0.05) is 48.5 Å². The van der Waals surface area contributed by atoms with Crippen LogP contribution in [0.25, 0.3) is 10.9 Å². The van der Waals surface area contributed by atoms with E-state index in [0.29, 0.717) is 6.29 Å². The zero-order chi connectivity index (χ0) is 24.2. The van der Waals surface area contributed by atoms with Gasteiger partial charge in [-0.05, 0) is 51.3 Å². The highest BCUT2D eigenvalue weighted by molar-refractivity contribution is 5.99. The van der Waals surface area contributed by atoms with Crippen molar-refractivity contribution in [3.8, 4) is 0 Å². The minimum absolute atomic E-state index is 0.115. The van der Waals surface area contributed by atoms with Crippen LogP contribution in [0.1, 0.15) is 38.8 Å². The van der Waals surface area contributed by atoms with E-state index in [4.69, 9.17) is 10.5 Å². The molecule has 0 fully saturated rings. The number of benzene rings is 2. The third kappa shape index (κ3) is 5.68. The van der Waals surface area contributed by atoms with E-state index in [1.165, 1.54) is 0 Å². The molecule has 1 heterocycles. The molecule has 2 amide bonds. The minimum Gasteiger partial charge on any atom is -0.443 e. The molecule has 0 bridgehead atoms. The Morgan fingerprint density at radius 3 is 2.33 bits per heavy atom. The Kier molecular flexibility index (Phi) is 7.03. The van der Waals surface area contributed by atoms with E-state index < -0.39 is 29.2 Å². The molecule has 0 radical (unpaired) electrons. The number of ether oxygens (including phenoxy) is 1. The molecular weight excluding hydrogens is 418 g/mol. The summed E-state index contributed by atoms with van der Waals surface area (Å²) >= 11 is 0. The van der Waals surface area contributed by atoms with Gasteiger partial charge in [0.2, 0.25) is 5.91 Å². The quantitative estimate of drug-likeness (QED) is 0.531. The largest absolute Gasteiger partial charge is 0.443 e. The number of aromatic amines is 1. The fraction of sp³-hybridized carbons (Fsp3) is 0.346. The summed E-state index contributed by atoms with van der Waals surface area (Å²) in [6, 6.07) is 15.9. The lowest BCUT2D eigenvalue weighted by atomic mass is 9.91. The number of nitrogens with one attached hydrogen (secondary N) is 1. The van der Waals surface area contributed by atoms with E-state index in [0.717, 1.165) is 26.9 Å². The molecule has 0 saturated carbocycles. The molecule has 3 aromatic rings. The van der Waals surface area contributed by atoms with Crippen molar-refractivity contribution in [2.45, 2.75) is 57.7 Å². The lowest BCUT2D eigenvalue weighted by Gasteiger charge is -2.37. The number of aldehydes is 1. The maximum atomic E-state index is 13.5. The van der Waals surface area contributed by atoms with Crippen LogP contribution < -0.4 is 5.73 Å². The number of hydrogen-bond acceptors (Lipinski definition) is 5. The van der Waals surface area contributed by atoms with Gasteiger partial charge in [0, 0.05) is 23.5 Å². The Bertz CT molecular complexity index is 1130. The smallest absolute Gasteiger partial charge is 0.417 e. The molecule has 0 aliphatic heterocycles. The number of fused-ring (bicyclic) bond motifs is 1. The van der Waals surface area contributed by atoms with Crippen LogP contribution in [0.15, 0.2) is 60.8 Å². The first-order valence-corrected chi connectivity index (χ1v) is 10.9. The van der Waals surface area contributed by atoms with E-state index in [-0.39, 0.29) is 12.8 Å². The highest BCUT2D eigenvalue weighted by atomic mass is 16.6. The van der Waals surface area contributed by atoms with Gasteiger partial charge in [-0.2, -0.15) is 0 Å². The number of carbonyl (C=O) groups is 3. The summed E-state index contributed by atoms with van der Waals surface area (Å²) in [5.74, 6) is -0.664. The van der Waals surface area contributed by atoms with Crippen LogP contribution in [-0.4, -0.2) is 45.4 Å². The summed E-state index contributed by atoms with van der Waals surface area (Å²) in [5, 5.41) is 0.913. The number of rotatable bonds is 7. The monoisotopic (exact) mass is 449 g/mol. The molecule has 2 atom stereocenters. The van der Waals surface area contributed by atoms with Gasteiger partial charge in [-0.3, -0.25) is 4.79 Å². The second-order valence-corrected chi connectivity index (χ2v) is 9.46. The number of aromatic nitrogens is 1. The van der Waals surface area contributed by atoms with Crippen molar-refractivity contribution in [3.63, 3.8) is 0 Å². The van der Waals surface area contributed by atoms with Crippen molar-refractivity contribution >= 4 is 29.2 Å². The molecule has 1 aromatic heterocycles. The van der Waals surface area contributed by atoms with E-state index in [9.17, 15) is 14.4 Å². The van der Waals surface area contributed by atoms with E-state index >= 15 is 0 Å². The zero-order valence-electron chi connectivity index (χ0n) is 19.5. The number of amides is 2. The lowest BCUT2D eigenvalue weighted by molar-refractivity contribution is -0.141. The summed E-state index contributed by atoms with van der Waals surface area (Å²) in [7, 11) is 0. The first-order valence-electron chi connectivity index (χ1n) is 10.9. The van der Waals surface area contributed by atoms with Crippen LogP contribution in [0.4, 0.5) is 4.79 Å². The van der Waals surface area contributed by atoms with Gasteiger partial charge in [0.15, 0.2) is 0 Å². The Balaban J connectivity index is 1.97. The van der Waals surface area contributed by atoms with Crippen molar-refractivity contribution in [3.05, 3.63) is 71.9 Å². The van der Waals surface area contributed by atoms with Gasteiger partial charge < -0.3 is 20.2 Å². The van der Waals surface area contributed by atoms with Gasteiger partial charge in [-0.25, -0.2) is 9.69 Å². The molecule has 0 spiro atoms. The maximum absolute atomic E-state index is 13.5. The van der Waals surface area contributed by atoms with Crippen molar-refractivity contribution in [1.29, 1.82) is 0 Å². The van der Waals surface area contributed by atoms with Gasteiger partial charge in [0.25, 0.3) is 0 Å². The summed E-state index contributed by atoms with van der Waals surface area (Å²) in [6.07, 6.45) is 1.84. The first-order chi connectivity index (χ1) is 15.5. The van der Waals surface area contributed by atoms with Crippen molar-refractivity contribution in [1.82, 2.24) is 9.88 Å². The Labute approximate surface area is 193 Å². The van der Waals surface area contributed by atoms with Crippen LogP contribution in [0, 0.1) is 0 Å². The van der Waals surface area contributed by atoms with Crippen LogP contribution in [0.3, 0.4) is 0 Å². The molecule has 2 aromatic carbocycles. The Hall–Kier alpha value is -3.45. The first kappa shape index (κ1) is 24.2. The van der Waals surface area contributed by atoms with Crippen molar-refractivity contribution in [2.24, 2.45) is 5.73 Å². The van der Waals surface area contributed by atoms with Crippen LogP contribution in [-0.2, 0) is 27.2 Å². The second kappa shape index (κ2) is 9.58. The average Bonchev–Trinajstić information content (AvgIpc) is 3.15. The summed E-state index contributed by atoms with van der Waals surface area (Å²) in [6.45, 7) is 6.67. The van der Waals surface area contributed by atoms with Gasteiger partial charge in [0.1, 0.15) is 17.4 Å². The Morgan fingerprint density at radius 2 is 1.70 bits per heavy atom. The summed E-state index contributed by atoms with van der Waals surface area (Å²) < 4.78 is 5.52. The molecule has 0 aliphatic rings. The average molecular weight is 450 g/mol. The van der Waals surface area contributed by atoms with Crippen LogP contribution in [0.2, 0.25) is 0 Å². The van der Waals surface area contributed by atoms with E-state index in [1.54, 1.807) is 33.9 Å². The van der Waals surface area contributed by atoms with Gasteiger partial charge in [-0.15, -0.1) is 0 Å². The topological polar surface area (TPSA) is 105 Å². The predicted octanol–water partition coefficient (Wildman–Crippen LogP) is 4.00. The van der Waals surface area contributed by atoms with Crippen molar-refractivity contribution < 1.29 is 19.1 Å². The molecule has 0 saturated heterocycles. The number of nitrogens with two attached hydrogens (primary N) is 1. The van der Waals surface area contributed by atoms with Crippen LogP contribution >= 0.6 is 0 Å². The molecule has 33 heavy (non-hydrogen) atoms. The number of nitrogens with zero attached hydrogens (tertiary/aromatic N) is 1. The standard InChI is InChI=1S/C26H31N3O4/c1-25(2,3)33-24(32)29(23(31)21(27)14-18-10-6-5-7-11-18)26(4,17-30)15-19-16-28-22-13-9-8-12-20(19)22/h5-13,16-17,21,28H,14-15,27H2,1-4H3/t21-,26?/m0/s1. The normalized spacial score (nSPS) is 14.3. The van der Waals surface area contributed by atoms with Crippen LogP contribution in [0.5, 0.6) is 0 Å². The highest BCUT2D eigenvalue weighted by Gasteiger charge is 2.44. The Morgan fingerprint density at radius 1 is 1.06 bits per heavy atom. The predicted molar refractivity (Wildman–Crippen MR) is 128 cm³/mol. The molecule has 3 N–H and O–H groups in total. The summed E-state index contributed by atoms with van der Waals surface area (Å²) in [5.41, 5.74) is 6.44. The highest BCUT2D eigenvalue weighted by Crippen LogP contribution is 2.27. The number of imide groups is 1. The zero-order valence-corrected chi connectivity index (χ0v) is 19.5. The summed E-state index contributed by atoms with van der Waals surface area (Å²) in [4.78, 5) is 43.2. The fourth-order valence-corrected chi connectivity index (χ4v) is 3.82. The molecule has 1 unspecified atom stereocenters. The van der Waals surface area contributed by atoms with E-state index in [1.807, 2.05) is 54.6 Å². The second-order valence-electron chi connectivity index (χ2n) is 9.46. The fourth-order valence-electron chi connectivity index (χ4n) is 3.82. The maximum Gasteiger partial charge on any atom is 0.417 e. The molecule has 174 valence electrons. The molecule has 7 nitrogen and oxygen atoms in total. The lowest BCUT2D eigenvalue weighted by Crippen LogP contribution is -2.60. The van der Waals surface area contributed by atoms with Gasteiger partial charge in [0.05, 0.1) is 6.04 Å². The molecular formula is C26H31N3O4. The molecule has 0 aliphatic carbocycles. The molecule has 7 heteroatoms. The van der Waals surface area contributed by atoms with Gasteiger partial charge >= 0.3 is 6.09 Å². The third-order valence-corrected chi connectivity index (χ3v) is 5.40. The van der Waals surface area contributed by atoms with Crippen molar-refractivity contribution in [2.75, 3.05) is 0 Å². The van der Waals surface area contributed by atoms with E-state index in [2.05, 4.69) is 4.98 Å². The minimum atomic E-state index is -1.50. The third-order valence-electron chi connectivity index (χ3n) is 5.40.